The zero-order valence-electron chi connectivity index (χ0n) is 10.9. The number of benzene rings is 2. The number of nitrogen functional groups attached to an aromatic ring is 1. The number of para-hydroxylation sites is 2. The van der Waals surface area contributed by atoms with Gasteiger partial charge in [-0.3, -0.25) is 4.79 Å². The number of anilines is 2. The van der Waals surface area contributed by atoms with Crippen LogP contribution in [0.25, 0.3) is 0 Å². The largest absolute Gasteiger partial charge is 0.398 e. The minimum absolute atomic E-state index is 0.0659. The van der Waals surface area contributed by atoms with Gasteiger partial charge in [-0.05, 0) is 24.3 Å². The van der Waals surface area contributed by atoms with Crippen LogP contribution >= 0.6 is 0 Å². The summed E-state index contributed by atoms with van der Waals surface area (Å²) in [5.74, 6) is -2.28. The SMILES string of the molecule is Nc1ccccc1S(=O)(=O)CC(=O)Nc1ccccc1F. The second kappa shape index (κ2) is 5.92. The minimum atomic E-state index is -3.88. The van der Waals surface area contributed by atoms with E-state index in [4.69, 9.17) is 5.73 Å². The summed E-state index contributed by atoms with van der Waals surface area (Å²) in [6.45, 7) is 0. The molecule has 2 rings (SSSR count). The Hall–Kier alpha value is -2.41. The molecule has 0 saturated carbocycles. The Balaban J connectivity index is 2.16. The summed E-state index contributed by atoms with van der Waals surface area (Å²) in [5, 5.41) is 2.22. The highest BCUT2D eigenvalue weighted by atomic mass is 32.2. The van der Waals surface area contributed by atoms with Gasteiger partial charge in [0.2, 0.25) is 5.91 Å². The lowest BCUT2D eigenvalue weighted by atomic mass is 10.3. The van der Waals surface area contributed by atoms with Crippen LogP contribution in [-0.2, 0) is 14.6 Å². The van der Waals surface area contributed by atoms with Crippen molar-refractivity contribution in [3.8, 4) is 0 Å². The fourth-order valence-corrected chi connectivity index (χ4v) is 3.05. The fourth-order valence-electron chi connectivity index (χ4n) is 1.76. The summed E-state index contributed by atoms with van der Waals surface area (Å²) in [6, 6.07) is 11.4. The Morgan fingerprint density at radius 3 is 2.38 bits per heavy atom. The Kier molecular flexibility index (Phi) is 4.23. The first-order valence-electron chi connectivity index (χ1n) is 6.02. The highest BCUT2D eigenvalue weighted by Crippen LogP contribution is 2.19. The number of carbonyl (C=O) groups excluding carboxylic acids is 1. The summed E-state index contributed by atoms with van der Waals surface area (Å²) < 4.78 is 37.6. The quantitative estimate of drug-likeness (QED) is 0.843. The van der Waals surface area contributed by atoms with Crippen LogP contribution in [0.2, 0.25) is 0 Å². The third kappa shape index (κ3) is 3.57. The van der Waals surface area contributed by atoms with Gasteiger partial charge in [-0.2, -0.15) is 0 Å². The van der Waals surface area contributed by atoms with Crippen molar-refractivity contribution in [2.75, 3.05) is 16.8 Å². The molecule has 0 heterocycles. The van der Waals surface area contributed by atoms with Gasteiger partial charge in [-0.25, -0.2) is 12.8 Å². The Morgan fingerprint density at radius 1 is 1.10 bits per heavy atom. The van der Waals surface area contributed by atoms with E-state index in [1.807, 2.05) is 0 Å². The zero-order chi connectivity index (χ0) is 15.5. The van der Waals surface area contributed by atoms with E-state index < -0.39 is 27.3 Å². The Labute approximate surface area is 121 Å². The molecule has 0 aliphatic heterocycles. The van der Waals surface area contributed by atoms with Gasteiger partial charge in [-0.15, -0.1) is 0 Å². The highest BCUT2D eigenvalue weighted by molar-refractivity contribution is 7.92. The molecule has 7 heteroatoms. The van der Waals surface area contributed by atoms with Crippen molar-refractivity contribution in [2.45, 2.75) is 4.90 Å². The number of nitrogens with two attached hydrogens (primary N) is 1. The second-order valence-corrected chi connectivity index (χ2v) is 6.28. The first-order valence-corrected chi connectivity index (χ1v) is 7.67. The van der Waals surface area contributed by atoms with Crippen LogP contribution in [-0.4, -0.2) is 20.1 Å². The standard InChI is InChI=1S/C14H13FN2O3S/c15-10-5-1-3-7-12(10)17-14(18)9-21(19,20)13-8-4-2-6-11(13)16/h1-8H,9,16H2,(H,17,18). The number of amides is 1. The summed E-state index contributed by atoms with van der Waals surface area (Å²) in [4.78, 5) is 11.7. The smallest absolute Gasteiger partial charge is 0.240 e. The van der Waals surface area contributed by atoms with Gasteiger partial charge in [0.15, 0.2) is 9.84 Å². The van der Waals surface area contributed by atoms with E-state index in [0.717, 1.165) is 0 Å². The van der Waals surface area contributed by atoms with E-state index in [1.54, 1.807) is 6.07 Å². The zero-order valence-corrected chi connectivity index (χ0v) is 11.7. The molecular formula is C14H13FN2O3S. The number of hydrogen-bond donors (Lipinski definition) is 2. The van der Waals surface area contributed by atoms with Crippen molar-refractivity contribution in [3.63, 3.8) is 0 Å². The molecule has 0 atom stereocenters. The van der Waals surface area contributed by atoms with E-state index in [2.05, 4.69) is 5.32 Å². The van der Waals surface area contributed by atoms with Gasteiger partial charge in [0.25, 0.3) is 0 Å². The van der Waals surface area contributed by atoms with Crippen LogP contribution in [0.3, 0.4) is 0 Å². The van der Waals surface area contributed by atoms with Crippen molar-refractivity contribution in [1.29, 1.82) is 0 Å². The maximum absolute atomic E-state index is 13.4. The van der Waals surface area contributed by atoms with Gasteiger partial charge >= 0.3 is 0 Å². The average molecular weight is 308 g/mol. The molecule has 0 bridgehead atoms. The molecule has 0 aliphatic rings. The third-order valence-corrected chi connectivity index (χ3v) is 4.41. The molecular weight excluding hydrogens is 295 g/mol. The van der Waals surface area contributed by atoms with Crippen molar-refractivity contribution in [3.05, 3.63) is 54.3 Å². The lowest BCUT2D eigenvalue weighted by Gasteiger charge is -2.08. The minimum Gasteiger partial charge on any atom is -0.398 e. The molecule has 1 amide bonds. The fraction of sp³-hybridized carbons (Fsp3) is 0.0714. The summed E-state index contributed by atoms with van der Waals surface area (Å²) in [5.41, 5.74) is 5.58. The van der Waals surface area contributed by atoms with Crippen LogP contribution in [0.4, 0.5) is 15.8 Å². The van der Waals surface area contributed by atoms with Crippen molar-refractivity contribution in [1.82, 2.24) is 0 Å². The van der Waals surface area contributed by atoms with Gasteiger partial charge < -0.3 is 11.1 Å². The molecule has 0 aromatic heterocycles. The molecule has 110 valence electrons. The number of nitrogens with one attached hydrogen (secondary N) is 1. The maximum Gasteiger partial charge on any atom is 0.240 e. The molecule has 0 spiro atoms. The number of hydrogen-bond acceptors (Lipinski definition) is 4. The molecule has 0 radical (unpaired) electrons. The molecule has 2 aromatic carbocycles. The third-order valence-electron chi connectivity index (χ3n) is 2.72. The van der Waals surface area contributed by atoms with E-state index in [1.165, 1.54) is 42.5 Å². The van der Waals surface area contributed by atoms with Crippen LogP contribution in [0, 0.1) is 5.82 Å². The number of halogens is 1. The Morgan fingerprint density at radius 2 is 1.71 bits per heavy atom. The van der Waals surface area contributed by atoms with E-state index in [9.17, 15) is 17.6 Å². The summed E-state index contributed by atoms with van der Waals surface area (Å²) in [6.07, 6.45) is 0. The molecule has 0 aliphatic carbocycles. The monoisotopic (exact) mass is 308 g/mol. The van der Waals surface area contributed by atoms with Crippen molar-refractivity contribution >= 4 is 27.1 Å². The van der Waals surface area contributed by atoms with Gasteiger partial charge in [-0.1, -0.05) is 24.3 Å². The van der Waals surface area contributed by atoms with Gasteiger partial charge in [0.05, 0.1) is 16.3 Å². The molecule has 0 fully saturated rings. The van der Waals surface area contributed by atoms with Crippen LogP contribution in [0.1, 0.15) is 0 Å². The molecule has 0 saturated heterocycles. The molecule has 21 heavy (non-hydrogen) atoms. The average Bonchev–Trinajstić information content (AvgIpc) is 2.41. The van der Waals surface area contributed by atoms with Gasteiger partial charge in [0.1, 0.15) is 11.6 Å². The number of sulfone groups is 1. The van der Waals surface area contributed by atoms with E-state index in [-0.39, 0.29) is 16.3 Å². The van der Waals surface area contributed by atoms with Gasteiger partial charge in [0, 0.05) is 0 Å². The van der Waals surface area contributed by atoms with Crippen molar-refractivity contribution < 1.29 is 17.6 Å². The molecule has 2 aromatic rings. The van der Waals surface area contributed by atoms with E-state index >= 15 is 0 Å². The second-order valence-electron chi connectivity index (χ2n) is 4.32. The maximum atomic E-state index is 13.4. The van der Waals surface area contributed by atoms with E-state index in [0.29, 0.717) is 0 Å². The summed E-state index contributed by atoms with van der Waals surface area (Å²) in [7, 11) is -3.88. The molecule has 0 unspecified atom stereocenters. The first kappa shape index (κ1) is 15.0. The predicted octanol–water partition coefficient (Wildman–Crippen LogP) is 1.82. The normalized spacial score (nSPS) is 11.1. The highest BCUT2D eigenvalue weighted by Gasteiger charge is 2.22. The molecule has 5 nitrogen and oxygen atoms in total. The number of rotatable bonds is 4. The van der Waals surface area contributed by atoms with Crippen molar-refractivity contribution in [2.24, 2.45) is 0 Å². The summed E-state index contributed by atoms with van der Waals surface area (Å²) >= 11 is 0. The van der Waals surface area contributed by atoms with Crippen LogP contribution < -0.4 is 11.1 Å². The first-order chi connectivity index (χ1) is 9.90. The predicted molar refractivity (Wildman–Crippen MR) is 77.9 cm³/mol. The Bertz CT molecular complexity index is 775. The lowest BCUT2D eigenvalue weighted by molar-refractivity contribution is -0.113. The topological polar surface area (TPSA) is 89.3 Å². The van der Waals surface area contributed by atoms with Crippen LogP contribution in [0.15, 0.2) is 53.4 Å². The molecule has 3 N–H and O–H groups in total. The lowest BCUT2D eigenvalue weighted by Crippen LogP contribution is -2.24. The van der Waals surface area contributed by atoms with Crippen LogP contribution in [0.5, 0.6) is 0 Å². The number of carbonyl (C=O) groups is 1.